The lowest BCUT2D eigenvalue weighted by Gasteiger charge is -2.05. The number of hydrogen-bond acceptors (Lipinski definition) is 5. The summed E-state index contributed by atoms with van der Waals surface area (Å²) in [7, 11) is 0. The molecule has 0 aliphatic heterocycles. The van der Waals surface area contributed by atoms with Crippen molar-refractivity contribution in [3.05, 3.63) is 73.6 Å². The third kappa shape index (κ3) is 3.07. The fourth-order valence-electron chi connectivity index (χ4n) is 2.57. The van der Waals surface area contributed by atoms with Gasteiger partial charge < -0.3 is 9.72 Å². The lowest BCUT2D eigenvalue weighted by atomic mass is 10.2. The number of hydrogen-bond donors (Lipinski definition) is 1. The van der Waals surface area contributed by atoms with Gasteiger partial charge in [0.25, 0.3) is 5.56 Å². The van der Waals surface area contributed by atoms with Crippen LogP contribution in [0.25, 0.3) is 21.0 Å². The molecule has 0 saturated carbocycles. The summed E-state index contributed by atoms with van der Waals surface area (Å²) in [6, 6.07) is 12.2. The number of rotatable bonds is 3. The second-order valence-electron chi connectivity index (χ2n) is 5.49. The molecule has 0 saturated heterocycles. The average molecular weight is 405 g/mol. The summed E-state index contributed by atoms with van der Waals surface area (Å²) >= 11 is 13.5. The van der Waals surface area contributed by atoms with Gasteiger partial charge in [0.05, 0.1) is 15.9 Å². The van der Waals surface area contributed by atoms with E-state index in [0.717, 1.165) is 10.1 Å². The van der Waals surface area contributed by atoms with Crippen molar-refractivity contribution in [1.82, 2.24) is 9.97 Å². The van der Waals surface area contributed by atoms with Gasteiger partial charge in [-0.3, -0.25) is 4.79 Å². The van der Waals surface area contributed by atoms with Crippen LogP contribution >= 0.6 is 34.5 Å². The number of ether oxygens (including phenoxy) is 1. The van der Waals surface area contributed by atoms with E-state index in [4.69, 9.17) is 27.9 Å². The number of benzene rings is 2. The largest absolute Gasteiger partial charge is 0.453 e. The number of nitrogens with zero attached hydrogens (tertiary/aromatic N) is 1. The summed E-state index contributed by atoms with van der Waals surface area (Å²) in [6.45, 7) is -0.179. The molecule has 26 heavy (non-hydrogen) atoms. The molecule has 0 fully saturated rings. The Hall–Kier alpha value is -2.41. The fourth-order valence-corrected chi connectivity index (χ4v) is 4.14. The van der Waals surface area contributed by atoms with Crippen LogP contribution in [0.4, 0.5) is 0 Å². The molecule has 1 N–H and O–H groups in total. The Morgan fingerprint density at radius 1 is 1.15 bits per heavy atom. The number of carbonyl (C=O) groups is 1. The molecular weight excluding hydrogens is 395 g/mol. The van der Waals surface area contributed by atoms with Crippen LogP contribution in [0, 0.1) is 0 Å². The van der Waals surface area contributed by atoms with Crippen LogP contribution in [-0.2, 0) is 11.3 Å². The molecule has 0 unspecified atom stereocenters. The predicted molar refractivity (Wildman–Crippen MR) is 103 cm³/mol. The first-order valence-electron chi connectivity index (χ1n) is 7.55. The second kappa shape index (κ2) is 6.72. The topological polar surface area (TPSA) is 72.0 Å². The molecule has 2 heterocycles. The highest BCUT2D eigenvalue weighted by molar-refractivity contribution is 7.21. The van der Waals surface area contributed by atoms with Gasteiger partial charge in [-0.1, -0.05) is 41.4 Å². The van der Waals surface area contributed by atoms with E-state index < -0.39 is 5.97 Å². The Bertz CT molecular complexity index is 1220. The minimum absolute atomic E-state index is 0.179. The van der Waals surface area contributed by atoms with Crippen LogP contribution < -0.4 is 5.56 Å². The Kier molecular flexibility index (Phi) is 4.40. The quantitative estimate of drug-likeness (QED) is 0.497. The first-order chi connectivity index (χ1) is 12.5. The SMILES string of the molecule is O=C(OCc1nc2cc(Cl)ccc2c(=O)[nH]1)c1sc2ccccc2c1Cl. The van der Waals surface area contributed by atoms with E-state index in [1.165, 1.54) is 11.3 Å². The highest BCUT2D eigenvalue weighted by Gasteiger charge is 2.18. The summed E-state index contributed by atoms with van der Waals surface area (Å²) in [6.07, 6.45) is 0. The highest BCUT2D eigenvalue weighted by Crippen LogP contribution is 2.35. The standard InChI is InChI=1S/C18H10Cl2N2O3S/c19-9-5-6-10-12(7-9)21-14(22-17(10)23)8-25-18(24)16-15(20)11-3-1-2-4-13(11)26-16/h1-7H,8H2,(H,21,22,23). The molecule has 130 valence electrons. The number of H-pyrrole nitrogens is 1. The number of aromatic nitrogens is 2. The van der Waals surface area contributed by atoms with Crippen molar-refractivity contribution in [2.75, 3.05) is 0 Å². The summed E-state index contributed by atoms with van der Waals surface area (Å²) in [4.78, 5) is 31.7. The molecule has 0 radical (unpaired) electrons. The smallest absolute Gasteiger partial charge is 0.350 e. The van der Waals surface area contributed by atoms with Crippen molar-refractivity contribution in [1.29, 1.82) is 0 Å². The van der Waals surface area contributed by atoms with Crippen molar-refractivity contribution in [3.63, 3.8) is 0 Å². The first kappa shape index (κ1) is 17.0. The molecular formula is C18H10Cl2N2O3S. The van der Waals surface area contributed by atoms with Crippen LogP contribution in [0.1, 0.15) is 15.5 Å². The van der Waals surface area contributed by atoms with Crippen LogP contribution in [0.2, 0.25) is 10.0 Å². The molecule has 5 nitrogen and oxygen atoms in total. The maximum atomic E-state index is 12.4. The molecule has 4 rings (SSSR count). The summed E-state index contributed by atoms with van der Waals surface area (Å²) < 4.78 is 6.18. The monoisotopic (exact) mass is 404 g/mol. The normalized spacial score (nSPS) is 11.2. The van der Waals surface area contributed by atoms with Crippen LogP contribution in [0.15, 0.2) is 47.3 Å². The van der Waals surface area contributed by atoms with E-state index in [1.54, 1.807) is 18.2 Å². The second-order valence-corrected chi connectivity index (χ2v) is 7.36. The number of thiophene rings is 1. The number of esters is 1. The zero-order chi connectivity index (χ0) is 18.3. The van der Waals surface area contributed by atoms with E-state index in [0.29, 0.717) is 25.8 Å². The summed E-state index contributed by atoms with van der Waals surface area (Å²) in [5.41, 5.74) is 0.116. The summed E-state index contributed by atoms with van der Waals surface area (Å²) in [5.74, 6) is -0.333. The van der Waals surface area contributed by atoms with E-state index in [1.807, 2.05) is 24.3 Å². The third-order valence-electron chi connectivity index (χ3n) is 3.78. The summed E-state index contributed by atoms with van der Waals surface area (Å²) in [5, 5.41) is 2.05. The molecule has 0 bridgehead atoms. The third-order valence-corrected chi connectivity index (χ3v) is 5.67. The van der Waals surface area contributed by atoms with Crippen molar-refractivity contribution in [2.24, 2.45) is 0 Å². The van der Waals surface area contributed by atoms with Gasteiger partial charge in [0.1, 0.15) is 17.3 Å². The van der Waals surface area contributed by atoms with Gasteiger partial charge in [-0.25, -0.2) is 9.78 Å². The molecule has 2 aromatic heterocycles. The zero-order valence-electron chi connectivity index (χ0n) is 13.1. The zero-order valence-corrected chi connectivity index (χ0v) is 15.4. The van der Waals surface area contributed by atoms with E-state index in [9.17, 15) is 9.59 Å². The van der Waals surface area contributed by atoms with Gasteiger partial charge in [0.2, 0.25) is 0 Å². The van der Waals surface area contributed by atoms with Crippen molar-refractivity contribution >= 4 is 61.5 Å². The Labute approximate surface area is 161 Å². The van der Waals surface area contributed by atoms with Gasteiger partial charge in [0, 0.05) is 15.1 Å². The van der Waals surface area contributed by atoms with Gasteiger partial charge in [-0.2, -0.15) is 0 Å². The minimum atomic E-state index is -0.565. The van der Waals surface area contributed by atoms with E-state index in [2.05, 4.69) is 9.97 Å². The van der Waals surface area contributed by atoms with Crippen molar-refractivity contribution in [3.8, 4) is 0 Å². The van der Waals surface area contributed by atoms with Gasteiger partial charge in [-0.05, 0) is 24.3 Å². The van der Waals surface area contributed by atoms with Gasteiger partial charge >= 0.3 is 5.97 Å². The van der Waals surface area contributed by atoms with E-state index in [-0.39, 0.29) is 18.0 Å². The Morgan fingerprint density at radius 2 is 1.96 bits per heavy atom. The lowest BCUT2D eigenvalue weighted by Crippen LogP contribution is -2.14. The molecule has 4 aromatic rings. The molecule has 0 amide bonds. The molecule has 2 aromatic carbocycles. The maximum absolute atomic E-state index is 12.4. The van der Waals surface area contributed by atoms with Crippen LogP contribution in [0.3, 0.4) is 0 Å². The van der Waals surface area contributed by atoms with E-state index >= 15 is 0 Å². The molecule has 0 aliphatic rings. The van der Waals surface area contributed by atoms with Gasteiger partial charge in [-0.15, -0.1) is 11.3 Å². The minimum Gasteiger partial charge on any atom is -0.453 e. The fraction of sp³-hybridized carbons (Fsp3) is 0.0556. The maximum Gasteiger partial charge on any atom is 0.350 e. The lowest BCUT2D eigenvalue weighted by molar-refractivity contribution is 0.0468. The first-order valence-corrected chi connectivity index (χ1v) is 9.13. The highest BCUT2D eigenvalue weighted by atomic mass is 35.5. The Morgan fingerprint density at radius 3 is 2.77 bits per heavy atom. The molecule has 0 aliphatic carbocycles. The number of aromatic amines is 1. The number of fused-ring (bicyclic) bond motifs is 2. The van der Waals surface area contributed by atoms with Crippen molar-refractivity contribution < 1.29 is 9.53 Å². The van der Waals surface area contributed by atoms with Crippen molar-refractivity contribution in [2.45, 2.75) is 6.61 Å². The van der Waals surface area contributed by atoms with Crippen LogP contribution in [-0.4, -0.2) is 15.9 Å². The Balaban J connectivity index is 1.60. The number of carbonyl (C=O) groups excluding carboxylic acids is 1. The van der Waals surface area contributed by atoms with Gasteiger partial charge in [0.15, 0.2) is 0 Å². The molecule has 8 heteroatoms. The number of halogens is 2. The predicted octanol–water partition coefficient (Wildman–Crippen LogP) is 4.80. The van der Waals surface area contributed by atoms with Crippen LogP contribution in [0.5, 0.6) is 0 Å². The molecule has 0 spiro atoms. The molecule has 0 atom stereocenters. The number of nitrogens with one attached hydrogen (secondary N) is 1. The average Bonchev–Trinajstić information content (AvgIpc) is 2.96.